The van der Waals surface area contributed by atoms with E-state index in [1.54, 1.807) is 17.2 Å². The second-order valence-corrected chi connectivity index (χ2v) is 4.98. The second-order valence-electron chi connectivity index (χ2n) is 4.98. The fourth-order valence-electron chi connectivity index (χ4n) is 2.34. The molecule has 3 heterocycles. The van der Waals surface area contributed by atoms with Crippen molar-refractivity contribution in [2.45, 2.75) is 26.8 Å². The van der Waals surface area contributed by atoms with E-state index in [9.17, 15) is 0 Å². The molecule has 3 rings (SSSR count). The van der Waals surface area contributed by atoms with Gasteiger partial charge < -0.3 is 9.73 Å². The molecule has 6 nitrogen and oxygen atoms in total. The predicted molar refractivity (Wildman–Crippen MR) is 79.4 cm³/mol. The van der Waals surface area contributed by atoms with Crippen LogP contribution in [0.25, 0.3) is 5.82 Å². The minimum absolute atomic E-state index is 0.154. The molecular formula is C15H17N5O. The number of nitrogens with one attached hydrogen (secondary N) is 1. The molecule has 108 valence electrons. The Morgan fingerprint density at radius 2 is 2.14 bits per heavy atom. The van der Waals surface area contributed by atoms with Crippen LogP contribution in [0.3, 0.4) is 0 Å². The zero-order valence-corrected chi connectivity index (χ0v) is 12.2. The van der Waals surface area contributed by atoms with Gasteiger partial charge in [-0.2, -0.15) is 5.10 Å². The van der Waals surface area contributed by atoms with Crippen LogP contribution in [0.4, 0.5) is 5.69 Å². The monoisotopic (exact) mass is 283 g/mol. The molecule has 0 aliphatic rings. The molecule has 0 radical (unpaired) electrons. The highest BCUT2D eigenvalue weighted by Crippen LogP contribution is 2.24. The lowest BCUT2D eigenvalue weighted by Gasteiger charge is -2.14. The first kappa shape index (κ1) is 13.4. The molecule has 6 heteroatoms. The number of nitrogens with zero attached hydrogens (tertiary/aromatic N) is 4. The lowest BCUT2D eigenvalue weighted by atomic mass is 10.1. The van der Waals surface area contributed by atoms with Gasteiger partial charge >= 0.3 is 0 Å². The van der Waals surface area contributed by atoms with Crippen LogP contribution >= 0.6 is 0 Å². The Bertz CT molecular complexity index is 715. The number of hydrogen-bond acceptors (Lipinski definition) is 5. The zero-order chi connectivity index (χ0) is 14.8. The van der Waals surface area contributed by atoms with Crippen LogP contribution in [0.1, 0.15) is 30.0 Å². The van der Waals surface area contributed by atoms with Gasteiger partial charge in [0, 0.05) is 5.56 Å². The molecule has 0 spiro atoms. The van der Waals surface area contributed by atoms with Crippen LogP contribution in [0, 0.1) is 13.8 Å². The van der Waals surface area contributed by atoms with E-state index in [1.807, 2.05) is 26.0 Å². The van der Waals surface area contributed by atoms with Gasteiger partial charge in [0.15, 0.2) is 5.82 Å². The summed E-state index contributed by atoms with van der Waals surface area (Å²) >= 11 is 0. The molecule has 0 saturated heterocycles. The molecule has 3 aromatic rings. The lowest BCUT2D eigenvalue weighted by molar-refractivity contribution is 0.500. The highest BCUT2D eigenvalue weighted by molar-refractivity contribution is 5.46. The Hall–Kier alpha value is -2.63. The van der Waals surface area contributed by atoms with Crippen molar-refractivity contribution in [2.24, 2.45) is 0 Å². The maximum Gasteiger partial charge on any atom is 0.155 e. The molecule has 0 bridgehead atoms. The number of pyridine rings is 1. The molecule has 0 aliphatic carbocycles. The van der Waals surface area contributed by atoms with Gasteiger partial charge in [-0.1, -0.05) is 0 Å². The number of furan rings is 1. The minimum Gasteiger partial charge on any atom is -0.466 e. The van der Waals surface area contributed by atoms with Crippen molar-refractivity contribution in [3.05, 3.63) is 54.1 Å². The standard InChI is InChI=1S/C15H17N5O/c1-10-6-14(12(3)21-10)11(2)19-13-4-5-15(17-7-13)20-9-16-8-18-20/h4-9,11,19H,1-3H3. The van der Waals surface area contributed by atoms with E-state index < -0.39 is 0 Å². The van der Waals surface area contributed by atoms with Crippen molar-refractivity contribution in [3.8, 4) is 5.82 Å². The molecule has 1 unspecified atom stereocenters. The van der Waals surface area contributed by atoms with Crippen molar-refractivity contribution >= 4 is 5.69 Å². The first-order valence-corrected chi connectivity index (χ1v) is 6.78. The Labute approximate surface area is 122 Å². The molecule has 0 aromatic carbocycles. The Kier molecular flexibility index (Phi) is 3.43. The third-order valence-corrected chi connectivity index (χ3v) is 3.33. The summed E-state index contributed by atoms with van der Waals surface area (Å²) < 4.78 is 7.19. The Morgan fingerprint density at radius 3 is 2.71 bits per heavy atom. The van der Waals surface area contributed by atoms with Gasteiger partial charge in [-0.15, -0.1) is 0 Å². The van der Waals surface area contributed by atoms with Crippen molar-refractivity contribution in [2.75, 3.05) is 5.32 Å². The Morgan fingerprint density at radius 1 is 1.29 bits per heavy atom. The quantitative estimate of drug-likeness (QED) is 0.797. The van der Waals surface area contributed by atoms with Gasteiger partial charge in [0.2, 0.25) is 0 Å². The normalized spacial score (nSPS) is 12.3. The summed E-state index contributed by atoms with van der Waals surface area (Å²) in [7, 11) is 0. The van der Waals surface area contributed by atoms with E-state index in [2.05, 4.69) is 33.4 Å². The van der Waals surface area contributed by atoms with Gasteiger partial charge in [-0.05, 0) is 39.0 Å². The summed E-state index contributed by atoms with van der Waals surface area (Å²) in [4.78, 5) is 8.28. The molecule has 0 fully saturated rings. The average Bonchev–Trinajstić information content (AvgIpc) is 3.09. The van der Waals surface area contributed by atoms with Crippen LogP contribution in [0.2, 0.25) is 0 Å². The van der Waals surface area contributed by atoms with Crippen molar-refractivity contribution < 1.29 is 4.42 Å². The number of anilines is 1. The highest BCUT2D eigenvalue weighted by Gasteiger charge is 2.12. The molecular weight excluding hydrogens is 266 g/mol. The van der Waals surface area contributed by atoms with Gasteiger partial charge in [0.25, 0.3) is 0 Å². The smallest absolute Gasteiger partial charge is 0.155 e. The van der Waals surface area contributed by atoms with Gasteiger partial charge in [-0.3, -0.25) is 0 Å². The van der Waals surface area contributed by atoms with E-state index in [-0.39, 0.29) is 6.04 Å². The summed E-state index contributed by atoms with van der Waals surface area (Å²) in [6.07, 6.45) is 4.89. The topological polar surface area (TPSA) is 68.8 Å². The van der Waals surface area contributed by atoms with E-state index >= 15 is 0 Å². The van der Waals surface area contributed by atoms with E-state index in [1.165, 1.54) is 6.33 Å². The SMILES string of the molecule is Cc1cc(C(C)Nc2ccc(-n3cncn3)nc2)c(C)o1. The number of hydrogen-bond donors (Lipinski definition) is 1. The Balaban J connectivity index is 1.74. The molecule has 0 aliphatic heterocycles. The van der Waals surface area contributed by atoms with Crippen molar-refractivity contribution in [3.63, 3.8) is 0 Å². The third-order valence-electron chi connectivity index (χ3n) is 3.33. The van der Waals surface area contributed by atoms with E-state index in [0.717, 1.165) is 28.6 Å². The summed E-state index contributed by atoms with van der Waals surface area (Å²) in [5.74, 6) is 2.61. The van der Waals surface area contributed by atoms with Crippen LogP contribution in [0.5, 0.6) is 0 Å². The first-order chi connectivity index (χ1) is 10.1. The molecule has 21 heavy (non-hydrogen) atoms. The van der Waals surface area contributed by atoms with E-state index in [0.29, 0.717) is 0 Å². The fourth-order valence-corrected chi connectivity index (χ4v) is 2.34. The molecule has 1 N–H and O–H groups in total. The molecule has 1 atom stereocenters. The third kappa shape index (κ3) is 2.79. The van der Waals surface area contributed by atoms with Crippen molar-refractivity contribution in [1.29, 1.82) is 0 Å². The number of aryl methyl sites for hydroxylation is 2. The van der Waals surface area contributed by atoms with Gasteiger partial charge in [0.1, 0.15) is 24.2 Å². The van der Waals surface area contributed by atoms with Crippen LogP contribution in [-0.4, -0.2) is 19.7 Å². The first-order valence-electron chi connectivity index (χ1n) is 6.78. The van der Waals surface area contributed by atoms with Gasteiger partial charge in [0.05, 0.1) is 17.9 Å². The second kappa shape index (κ2) is 5.40. The van der Waals surface area contributed by atoms with Crippen LogP contribution < -0.4 is 5.32 Å². The lowest BCUT2D eigenvalue weighted by Crippen LogP contribution is -2.07. The largest absolute Gasteiger partial charge is 0.466 e. The fraction of sp³-hybridized carbons (Fsp3) is 0.267. The van der Waals surface area contributed by atoms with Gasteiger partial charge in [-0.25, -0.2) is 14.6 Å². The predicted octanol–water partition coefficient (Wildman–Crippen LogP) is 3.05. The number of aromatic nitrogens is 4. The summed E-state index contributed by atoms with van der Waals surface area (Å²) in [6, 6.07) is 6.09. The maximum atomic E-state index is 5.57. The molecule has 3 aromatic heterocycles. The van der Waals surface area contributed by atoms with Crippen molar-refractivity contribution in [1.82, 2.24) is 19.7 Å². The maximum absolute atomic E-state index is 5.57. The summed E-state index contributed by atoms with van der Waals surface area (Å²) in [5.41, 5.74) is 2.11. The molecule has 0 saturated carbocycles. The average molecular weight is 283 g/mol. The number of rotatable bonds is 4. The minimum atomic E-state index is 0.154. The summed E-state index contributed by atoms with van der Waals surface area (Å²) in [5, 5.41) is 7.47. The zero-order valence-electron chi connectivity index (χ0n) is 12.2. The summed E-state index contributed by atoms with van der Waals surface area (Å²) in [6.45, 7) is 6.03. The van der Waals surface area contributed by atoms with Crippen LogP contribution in [-0.2, 0) is 0 Å². The van der Waals surface area contributed by atoms with E-state index in [4.69, 9.17) is 4.42 Å². The molecule has 0 amide bonds. The highest BCUT2D eigenvalue weighted by atomic mass is 16.3. The van der Waals surface area contributed by atoms with Crippen LogP contribution in [0.15, 0.2) is 41.5 Å².